The predicted octanol–water partition coefficient (Wildman–Crippen LogP) is 4.71. The summed E-state index contributed by atoms with van der Waals surface area (Å²) in [4.78, 5) is 68.8. The molecular weight excluding hydrogens is 666 g/mol. The Morgan fingerprint density at radius 2 is 1.71 bits per heavy atom. The number of amides is 5. The largest absolute Gasteiger partial charge is 0.508 e. The fourth-order valence-electron chi connectivity index (χ4n) is 7.59. The molecular formula is C38H41N7O7. The Balaban J connectivity index is 1.18. The van der Waals surface area contributed by atoms with Crippen molar-refractivity contribution in [2.75, 3.05) is 18.4 Å². The summed E-state index contributed by atoms with van der Waals surface area (Å²) in [6.45, 7) is 5.12. The first-order chi connectivity index (χ1) is 25.0. The fourth-order valence-corrected chi connectivity index (χ4v) is 7.59. The van der Waals surface area contributed by atoms with Crippen LogP contribution in [0.25, 0.3) is 17.1 Å². The van der Waals surface area contributed by atoms with Gasteiger partial charge in [-0.1, -0.05) is 32.0 Å². The van der Waals surface area contributed by atoms with Gasteiger partial charge in [-0.25, -0.2) is 19.3 Å². The third-order valence-corrected chi connectivity index (χ3v) is 10.3. The molecule has 1 aromatic heterocycles. The maximum Gasteiger partial charge on any atom is 0.348 e. The van der Waals surface area contributed by atoms with Crippen LogP contribution in [-0.4, -0.2) is 77.7 Å². The number of hydrogen-bond acceptors (Lipinski definition) is 8. The molecule has 3 aromatic carbocycles. The normalized spacial score (nSPS) is 18.9. The molecule has 2 fully saturated rings. The van der Waals surface area contributed by atoms with Crippen LogP contribution >= 0.6 is 0 Å². The molecule has 0 bridgehead atoms. The lowest BCUT2D eigenvalue weighted by molar-refractivity contribution is -0.137. The number of aromatic nitrogens is 3. The minimum atomic E-state index is -0.852. The number of carbonyl (C=O) groups is 4. The first-order valence-corrected chi connectivity index (χ1v) is 17.7. The number of carbonyl (C=O) groups excluding carboxylic acids is 4. The monoisotopic (exact) mass is 707 g/mol. The van der Waals surface area contributed by atoms with Crippen LogP contribution in [0, 0.1) is 0 Å². The van der Waals surface area contributed by atoms with Gasteiger partial charge in [0.1, 0.15) is 17.5 Å². The number of likely N-dealkylation sites (tertiary alicyclic amines) is 1. The number of nitrogens with one attached hydrogen (secondary N) is 3. The third kappa shape index (κ3) is 6.40. The minimum Gasteiger partial charge on any atom is -0.508 e. The van der Waals surface area contributed by atoms with Crippen molar-refractivity contribution in [2.24, 2.45) is 0 Å². The molecule has 4 heterocycles. The number of hydrogen-bond donors (Lipinski definition) is 5. The number of phenols is 2. The summed E-state index contributed by atoms with van der Waals surface area (Å²) < 4.78 is 1.34. The van der Waals surface area contributed by atoms with Crippen LogP contribution in [0.4, 0.5) is 10.5 Å². The molecule has 2 saturated heterocycles. The van der Waals surface area contributed by atoms with Gasteiger partial charge < -0.3 is 25.3 Å². The molecule has 5 N–H and O–H groups in total. The van der Waals surface area contributed by atoms with Crippen molar-refractivity contribution in [3.8, 4) is 28.6 Å². The van der Waals surface area contributed by atoms with Crippen LogP contribution in [0.15, 0.2) is 59.4 Å². The van der Waals surface area contributed by atoms with E-state index in [0.717, 1.165) is 24.8 Å². The average molecular weight is 708 g/mol. The Morgan fingerprint density at radius 3 is 2.42 bits per heavy atom. The summed E-state index contributed by atoms with van der Waals surface area (Å²) in [5.41, 5.74) is 3.31. The van der Waals surface area contributed by atoms with Gasteiger partial charge in [0.2, 0.25) is 11.8 Å². The van der Waals surface area contributed by atoms with Gasteiger partial charge in [0.15, 0.2) is 5.82 Å². The van der Waals surface area contributed by atoms with Crippen molar-refractivity contribution in [1.29, 1.82) is 0 Å². The molecule has 0 aliphatic carbocycles. The smallest absolute Gasteiger partial charge is 0.348 e. The summed E-state index contributed by atoms with van der Waals surface area (Å²) >= 11 is 0. The molecule has 5 amide bonds. The summed E-state index contributed by atoms with van der Waals surface area (Å²) in [5, 5.41) is 33.1. The zero-order valence-electron chi connectivity index (χ0n) is 29.0. The van der Waals surface area contributed by atoms with Crippen LogP contribution in [-0.2, 0) is 16.0 Å². The zero-order valence-corrected chi connectivity index (χ0v) is 29.0. The van der Waals surface area contributed by atoms with E-state index in [9.17, 15) is 34.2 Å². The molecule has 270 valence electrons. The Bertz CT molecular complexity index is 2110. The van der Waals surface area contributed by atoms with Crippen LogP contribution in [0.1, 0.15) is 91.4 Å². The summed E-state index contributed by atoms with van der Waals surface area (Å²) in [7, 11) is 0. The van der Waals surface area contributed by atoms with Crippen LogP contribution in [0.5, 0.6) is 11.5 Å². The van der Waals surface area contributed by atoms with E-state index in [2.05, 4.69) is 20.8 Å². The first kappa shape index (κ1) is 34.5. The average Bonchev–Trinajstić information content (AvgIpc) is 3.64. The van der Waals surface area contributed by atoms with Gasteiger partial charge in [-0.05, 0) is 85.9 Å². The molecule has 2 atom stereocenters. The lowest BCUT2D eigenvalue weighted by atomic mass is 9.95. The number of nitrogens with zero attached hydrogens (tertiary/aromatic N) is 4. The highest BCUT2D eigenvalue weighted by Gasteiger charge is 2.46. The second-order valence-corrected chi connectivity index (χ2v) is 13.9. The summed E-state index contributed by atoms with van der Waals surface area (Å²) in [6, 6.07) is 13.6. The number of aromatic hydroxyl groups is 2. The van der Waals surface area contributed by atoms with E-state index in [1.54, 1.807) is 46.2 Å². The third-order valence-electron chi connectivity index (χ3n) is 10.3. The molecule has 7 rings (SSSR count). The molecule has 2 unspecified atom stereocenters. The second kappa shape index (κ2) is 14.0. The highest BCUT2D eigenvalue weighted by atomic mass is 16.3. The molecule has 3 aliphatic rings. The van der Waals surface area contributed by atoms with E-state index in [0.29, 0.717) is 54.0 Å². The lowest BCUT2D eigenvalue weighted by Crippen LogP contribution is -2.53. The van der Waals surface area contributed by atoms with Gasteiger partial charge in [-0.15, -0.1) is 0 Å². The Kier molecular flexibility index (Phi) is 9.30. The van der Waals surface area contributed by atoms with Gasteiger partial charge in [-0.3, -0.25) is 19.7 Å². The van der Waals surface area contributed by atoms with Crippen molar-refractivity contribution in [2.45, 2.75) is 76.8 Å². The fraction of sp³-hybridized carbons (Fsp3) is 0.368. The molecule has 4 aromatic rings. The topological polar surface area (TPSA) is 190 Å². The standard InChI is InChI=1S/C38H41N7O7/c1-21(2)25-19-26(31(47)20-30(25)46)34-41-42-38(52)44(34)23-12-9-22(10-13-23)11-14-28-33-24(36(50)45(28)29-15-16-32(48)40-35(29)49)7-6-8-27(33)39-37(51)43-17-4-3-5-18-43/h6-10,12-13,19-21,28-29,46-47H,3-5,11,14-18H2,1-2H3,(H,39,51)(H,42,52)(H,40,48,49). The molecule has 0 saturated carbocycles. The van der Waals surface area contributed by atoms with E-state index in [4.69, 9.17) is 0 Å². The Hall–Kier alpha value is -5.92. The van der Waals surface area contributed by atoms with Gasteiger partial charge in [0.25, 0.3) is 5.91 Å². The van der Waals surface area contributed by atoms with Gasteiger partial charge >= 0.3 is 11.7 Å². The Morgan fingerprint density at radius 1 is 0.962 bits per heavy atom. The number of imide groups is 1. The molecule has 14 heteroatoms. The molecule has 0 radical (unpaired) electrons. The predicted molar refractivity (Wildman–Crippen MR) is 191 cm³/mol. The van der Waals surface area contributed by atoms with Gasteiger partial charge in [0, 0.05) is 42.4 Å². The van der Waals surface area contributed by atoms with Crippen LogP contribution in [0.3, 0.4) is 0 Å². The summed E-state index contributed by atoms with van der Waals surface area (Å²) in [5.74, 6) is -1.37. The molecule has 14 nitrogen and oxygen atoms in total. The van der Waals surface area contributed by atoms with Crippen molar-refractivity contribution >= 4 is 29.4 Å². The van der Waals surface area contributed by atoms with E-state index in [1.807, 2.05) is 26.0 Å². The van der Waals surface area contributed by atoms with Crippen molar-refractivity contribution in [3.63, 3.8) is 0 Å². The van der Waals surface area contributed by atoms with Crippen molar-refractivity contribution in [1.82, 2.24) is 29.9 Å². The van der Waals surface area contributed by atoms with E-state index in [1.165, 1.54) is 10.6 Å². The first-order valence-electron chi connectivity index (χ1n) is 17.7. The number of aryl methyl sites for hydroxylation is 1. The zero-order chi connectivity index (χ0) is 36.7. The molecule has 52 heavy (non-hydrogen) atoms. The number of H-pyrrole nitrogens is 1. The lowest BCUT2D eigenvalue weighted by Gasteiger charge is -2.35. The maximum atomic E-state index is 14.0. The Labute approximate surface area is 299 Å². The van der Waals surface area contributed by atoms with Crippen LogP contribution in [0.2, 0.25) is 0 Å². The molecule has 3 aliphatic heterocycles. The van der Waals surface area contributed by atoms with Crippen molar-refractivity contribution in [3.05, 3.63) is 87.3 Å². The number of piperidine rings is 2. The number of anilines is 1. The second-order valence-electron chi connectivity index (χ2n) is 13.9. The summed E-state index contributed by atoms with van der Waals surface area (Å²) in [6.07, 6.45) is 4.12. The number of fused-ring (bicyclic) bond motifs is 1. The number of aromatic amines is 1. The van der Waals surface area contributed by atoms with E-state index < -0.39 is 23.7 Å². The maximum absolute atomic E-state index is 14.0. The quantitative estimate of drug-likeness (QED) is 0.163. The SMILES string of the molecule is CC(C)c1cc(-c2n[nH]c(=O)n2-c2ccc(CCC3c4c(NC(=O)N5CCCCC5)cccc4C(=O)N3C3CCC(=O)NC3=O)cc2)c(O)cc1O. The van der Waals surface area contributed by atoms with E-state index >= 15 is 0 Å². The highest BCUT2D eigenvalue weighted by Crippen LogP contribution is 2.44. The minimum absolute atomic E-state index is 0.0483. The van der Waals surface area contributed by atoms with Gasteiger partial charge in [-0.2, -0.15) is 5.10 Å². The number of phenolic OH excluding ortho intramolecular Hbond substituents is 2. The number of benzene rings is 3. The van der Waals surface area contributed by atoms with Crippen LogP contribution < -0.4 is 16.3 Å². The van der Waals surface area contributed by atoms with Gasteiger partial charge in [0.05, 0.1) is 17.3 Å². The molecule has 0 spiro atoms. The highest BCUT2D eigenvalue weighted by molar-refractivity contribution is 6.07. The number of rotatable bonds is 8. The van der Waals surface area contributed by atoms with Crippen molar-refractivity contribution < 1.29 is 29.4 Å². The number of urea groups is 1. The van der Waals surface area contributed by atoms with E-state index in [-0.39, 0.29) is 59.5 Å².